The largest absolute Gasteiger partial charge is 0.427 e. The molecule has 0 saturated heterocycles. The van der Waals surface area contributed by atoms with Crippen molar-refractivity contribution in [1.29, 1.82) is 0 Å². The Hall–Kier alpha value is -0.360. The normalized spacial score (nSPS) is 18.5. The highest BCUT2D eigenvalue weighted by molar-refractivity contribution is 5.01. The van der Waals surface area contributed by atoms with Gasteiger partial charge in [0.1, 0.15) is 5.60 Å². The van der Waals surface area contributed by atoms with E-state index in [1.807, 2.05) is 0 Å². The van der Waals surface area contributed by atoms with Gasteiger partial charge in [-0.15, -0.1) is 0 Å². The first-order valence-electron chi connectivity index (χ1n) is 3.54. The van der Waals surface area contributed by atoms with Crippen LogP contribution in [0.5, 0.6) is 0 Å². The maximum Gasteiger partial charge on any atom is 0.427 e. The lowest BCUT2D eigenvalue weighted by atomic mass is 9.87. The third kappa shape index (κ3) is 1.94. The van der Waals surface area contributed by atoms with Crippen LogP contribution in [0.1, 0.15) is 13.8 Å². The molecule has 0 spiro atoms. The molecule has 0 amide bonds. The van der Waals surface area contributed by atoms with Crippen LogP contribution in [0.25, 0.3) is 0 Å². The van der Waals surface area contributed by atoms with E-state index in [1.54, 1.807) is 0 Å². The minimum atomic E-state index is -5.15. The molecule has 0 heterocycles. The van der Waals surface area contributed by atoms with Crippen molar-refractivity contribution in [2.45, 2.75) is 31.3 Å². The Morgan fingerprint density at radius 1 is 1.15 bits per heavy atom. The Morgan fingerprint density at radius 2 is 1.54 bits per heavy atom. The van der Waals surface area contributed by atoms with Crippen LogP contribution in [0.15, 0.2) is 0 Å². The molecular weight excluding hydrogens is 192 g/mol. The maximum atomic E-state index is 13.3. The Balaban J connectivity index is 5.06. The topological polar surface area (TPSA) is 29.5 Å². The molecule has 80 valence electrons. The molecule has 0 aromatic rings. The monoisotopic (exact) mass is 204 g/mol. The summed E-state index contributed by atoms with van der Waals surface area (Å²) in [6, 6.07) is 0. The molecule has 1 N–H and O–H groups in total. The molecule has 0 aliphatic rings. The van der Waals surface area contributed by atoms with Gasteiger partial charge in [0.05, 0.1) is 6.61 Å². The number of methoxy groups -OCH3 is 1. The van der Waals surface area contributed by atoms with Crippen LogP contribution in [0, 0.1) is 0 Å². The van der Waals surface area contributed by atoms with Crippen LogP contribution in [0.2, 0.25) is 0 Å². The van der Waals surface area contributed by atoms with Crippen molar-refractivity contribution in [2.24, 2.45) is 0 Å². The Morgan fingerprint density at radius 3 is 1.62 bits per heavy atom. The third-order valence-electron chi connectivity index (χ3n) is 2.13. The smallest absolute Gasteiger partial charge is 0.393 e. The molecule has 2 nitrogen and oxygen atoms in total. The van der Waals surface area contributed by atoms with Gasteiger partial charge in [0.15, 0.2) is 0 Å². The minimum Gasteiger partial charge on any atom is -0.393 e. The average Bonchev–Trinajstić information content (AvgIpc) is 2.00. The van der Waals surface area contributed by atoms with Crippen LogP contribution in [0.4, 0.5) is 17.6 Å². The summed E-state index contributed by atoms with van der Waals surface area (Å²) in [5.41, 5.74) is -5.85. The number of halogens is 4. The zero-order chi connectivity index (χ0) is 10.9. The van der Waals surface area contributed by atoms with Crippen molar-refractivity contribution < 1.29 is 27.4 Å². The SMILES string of the molecule is COC(C)(C)C(F)(CO)C(F)(F)F. The quantitative estimate of drug-likeness (QED) is 0.708. The highest BCUT2D eigenvalue weighted by Gasteiger charge is 2.65. The molecular formula is C7H12F4O2. The number of alkyl halides is 4. The summed E-state index contributed by atoms with van der Waals surface area (Å²) < 4.78 is 54.2. The van der Waals surface area contributed by atoms with Crippen molar-refractivity contribution in [2.75, 3.05) is 13.7 Å². The van der Waals surface area contributed by atoms with Crippen LogP contribution >= 0.6 is 0 Å². The predicted molar refractivity (Wildman–Crippen MR) is 38.1 cm³/mol. The lowest BCUT2D eigenvalue weighted by molar-refractivity contribution is -0.295. The molecule has 0 aromatic carbocycles. The summed E-state index contributed by atoms with van der Waals surface area (Å²) in [5.74, 6) is 0. The molecule has 13 heavy (non-hydrogen) atoms. The average molecular weight is 204 g/mol. The summed E-state index contributed by atoms with van der Waals surface area (Å²) >= 11 is 0. The van der Waals surface area contributed by atoms with E-state index in [9.17, 15) is 17.6 Å². The Kier molecular flexibility index (Phi) is 3.32. The molecule has 0 aliphatic carbocycles. The highest BCUT2D eigenvalue weighted by atomic mass is 19.4. The molecule has 0 bridgehead atoms. The lowest BCUT2D eigenvalue weighted by Gasteiger charge is -2.38. The van der Waals surface area contributed by atoms with Gasteiger partial charge in [0.25, 0.3) is 5.67 Å². The third-order valence-corrected chi connectivity index (χ3v) is 2.13. The van der Waals surface area contributed by atoms with Gasteiger partial charge in [0, 0.05) is 7.11 Å². The number of ether oxygens (including phenoxy) is 1. The van der Waals surface area contributed by atoms with Crippen LogP contribution in [-0.4, -0.2) is 36.3 Å². The standard InChI is InChI=1S/C7H12F4O2/c1-5(2,13-3)6(8,4-12)7(9,10)11/h12H,4H2,1-3H3. The molecule has 0 aromatic heterocycles. The molecule has 6 heteroatoms. The first-order valence-corrected chi connectivity index (χ1v) is 3.54. The second-order valence-corrected chi connectivity index (χ2v) is 3.17. The van der Waals surface area contributed by atoms with Crippen molar-refractivity contribution in [3.05, 3.63) is 0 Å². The number of hydrogen-bond donors (Lipinski definition) is 1. The number of rotatable bonds is 3. The molecule has 0 rings (SSSR count). The minimum absolute atomic E-state index is 0.927. The van der Waals surface area contributed by atoms with E-state index in [4.69, 9.17) is 5.11 Å². The highest BCUT2D eigenvalue weighted by Crippen LogP contribution is 2.43. The van der Waals surface area contributed by atoms with Crippen LogP contribution in [-0.2, 0) is 4.74 Å². The van der Waals surface area contributed by atoms with Crippen molar-refractivity contribution in [3.63, 3.8) is 0 Å². The van der Waals surface area contributed by atoms with Crippen LogP contribution < -0.4 is 0 Å². The Labute approximate surface area is 73.5 Å². The van der Waals surface area contributed by atoms with Gasteiger partial charge >= 0.3 is 6.18 Å². The molecule has 1 atom stereocenters. The zero-order valence-electron chi connectivity index (χ0n) is 7.57. The first-order chi connectivity index (χ1) is 5.62. The van der Waals surface area contributed by atoms with E-state index in [0.717, 1.165) is 21.0 Å². The van der Waals surface area contributed by atoms with Gasteiger partial charge in [-0.25, -0.2) is 4.39 Å². The predicted octanol–water partition coefficient (Wildman–Crippen LogP) is 1.67. The van der Waals surface area contributed by atoms with Crippen molar-refractivity contribution in [1.82, 2.24) is 0 Å². The summed E-state index contributed by atoms with van der Waals surface area (Å²) in [7, 11) is 0.954. The molecule has 1 unspecified atom stereocenters. The van der Waals surface area contributed by atoms with Gasteiger partial charge < -0.3 is 9.84 Å². The van der Waals surface area contributed by atoms with E-state index in [0.29, 0.717) is 0 Å². The first kappa shape index (κ1) is 12.6. The number of aliphatic hydroxyl groups is 1. The van der Waals surface area contributed by atoms with E-state index < -0.39 is 24.1 Å². The fourth-order valence-corrected chi connectivity index (χ4v) is 0.783. The van der Waals surface area contributed by atoms with E-state index >= 15 is 0 Å². The van der Waals surface area contributed by atoms with Crippen molar-refractivity contribution in [3.8, 4) is 0 Å². The second-order valence-electron chi connectivity index (χ2n) is 3.17. The maximum absolute atomic E-state index is 13.3. The van der Waals surface area contributed by atoms with Crippen LogP contribution in [0.3, 0.4) is 0 Å². The zero-order valence-corrected chi connectivity index (χ0v) is 7.57. The van der Waals surface area contributed by atoms with Gasteiger partial charge in [-0.3, -0.25) is 0 Å². The lowest BCUT2D eigenvalue weighted by Crippen LogP contribution is -2.60. The van der Waals surface area contributed by atoms with Gasteiger partial charge in [-0.2, -0.15) is 13.2 Å². The molecule has 0 saturated carbocycles. The Bertz CT molecular complexity index is 178. The van der Waals surface area contributed by atoms with E-state index in [1.165, 1.54) is 0 Å². The molecule has 0 fully saturated rings. The second kappa shape index (κ2) is 3.42. The fraction of sp³-hybridized carbons (Fsp3) is 1.00. The fourth-order valence-electron chi connectivity index (χ4n) is 0.783. The van der Waals surface area contributed by atoms with Crippen molar-refractivity contribution >= 4 is 0 Å². The summed E-state index contributed by atoms with van der Waals surface area (Å²) in [6.07, 6.45) is -5.15. The van der Waals surface area contributed by atoms with Gasteiger partial charge in [-0.1, -0.05) is 0 Å². The molecule has 0 aliphatic heterocycles. The van der Waals surface area contributed by atoms with E-state index in [-0.39, 0.29) is 0 Å². The number of aliphatic hydroxyl groups excluding tert-OH is 1. The molecule has 0 radical (unpaired) electrons. The summed E-state index contributed by atoms with van der Waals surface area (Å²) in [4.78, 5) is 0. The van der Waals surface area contributed by atoms with E-state index in [2.05, 4.69) is 4.74 Å². The summed E-state index contributed by atoms with van der Waals surface area (Å²) in [6.45, 7) is 0.199. The van der Waals surface area contributed by atoms with Gasteiger partial charge in [-0.05, 0) is 13.8 Å². The number of hydrogen-bond acceptors (Lipinski definition) is 2. The summed E-state index contributed by atoms with van der Waals surface area (Å²) in [5, 5.41) is 8.41. The van der Waals surface area contributed by atoms with Gasteiger partial charge in [0.2, 0.25) is 0 Å².